The van der Waals surface area contributed by atoms with Crippen LogP contribution >= 0.6 is 0 Å². The maximum atomic E-state index is 13.0. The van der Waals surface area contributed by atoms with Gasteiger partial charge in [0.15, 0.2) is 6.29 Å². The molecule has 0 aromatic heterocycles. The number of rotatable bonds is 53. The topological polar surface area (TPSA) is 175 Å². The van der Waals surface area contributed by atoms with Gasteiger partial charge in [-0.25, -0.2) is 0 Å². The lowest BCUT2D eigenvalue weighted by Crippen LogP contribution is -2.60. The summed E-state index contributed by atoms with van der Waals surface area (Å²) >= 11 is 0. The van der Waals surface area contributed by atoms with Crippen molar-refractivity contribution in [1.82, 2.24) is 5.32 Å². The van der Waals surface area contributed by atoms with Crippen molar-refractivity contribution in [3.8, 4) is 0 Å². The van der Waals surface area contributed by atoms with E-state index in [2.05, 4.69) is 67.8 Å². The molecule has 11 heteroatoms. The molecule has 0 saturated carbocycles. The molecule has 0 aromatic rings. The number of carbonyl (C=O) groups is 2. The molecular formula is C64H115NO10. The lowest BCUT2D eigenvalue weighted by Gasteiger charge is -2.40. The van der Waals surface area contributed by atoms with Gasteiger partial charge in [0.05, 0.1) is 32.0 Å². The molecule has 0 bridgehead atoms. The number of aliphatic hydroxyl groups is 5. The largest absolute Gasteiger partial charge is 0.465 e. The van der Waals surface area contributed by atoms with E-state index in [1.807, 2.05) is 6.08 Å². The smallest absolute Gasteiger partial charge is 0.305 e. The Morgan fingerprint density at radius 1 is 0.493 bits per heavy atom. The van der Waals surface area contributed by atoms with Crippen LogP contribution in [-0.4, -0.2) is 100 Å². The molecule has 0 aliphatic carbocycles. The van der Waals surface area contributed by atoms with Gasteiger partial charge < -0.3 is 45.1 Å². The van der Waals surface area contributed by atoms with Gasteiger partial charge in [0.1, 0.15) is 24.4 Å². The fourth-order valence-electron chi connectivity index (χ4n) is 9.43. The zero-order valence-corrected chi connectivity index (χ0v) is 48.0. The van der Waals surface area contributed by atoms with Gasteiger partial charge in [0.25, 0.3) is 0 Å². The van der Waals surface area contributed by atoms with Crippen molar-refractivity contribution in [2.24, 2.45) is 0 Å². The fraction of sp³-hybridized carbons (Fsp3) is 0.812. The molecule has 1 aliphatic heterocycles. The Bertz CT molecular complexity index is 1430. The summed E-state index contributed by atoms with van der Waals surface area (Å²) < 4.78 is 16.6. The second-order valence-corrected chi connectivity index (χ2v) is 21.4. The maximum absolute atomic E-state index is 13.0. The van der Waals surface area contributed by atoms with E-state index in [9.17, 15) is 35.1 Å². The first-order chi connectivity index (χ1) is 36.7. The van der Waals surface area contributed by atoms with Crippen molar-refractivity contribution < 1.29 is 49.3 Å². The lowest BCUT2D eigenvalue weighted by atomic mass is 9.99. The first-order valence-electron chi connectivity index (χ1n) is 31.1. The summed E-state index contributed by atoms with van der Waals surface area (Å²) in [5, 5.41) is 54.4. The average Bonchev–Trinajstić information content (AvgIpc) is 3.41. The van der Waals surface area contributed by atoms with Crippen molar-refractivity contribution in [3.63, 3.8) is 0 Å². The minimum atomic E-state index is -1.57. The average molecular weight is 1060 g/mol. The number of aliphatic hydroxyl groups excluding tert-OH is 5. The molecule has 1 amide bonds. The van der Waals surface area contributed by atoms with Gasteiger partial charge in [-0.05, 0) is 77.0 Å². The van der Waals surface area contributed by atoms with E-state index < -0.39 is 49.5 Å². The van der Waals surface area contributed by atoms with E-state index >= 15 is 0 Å². The van der Waals surface area contributed by atoms with E-state index in [1.165, 1.54) is 161 Å². The Hall–Kier alpha value is -2.64. The number of carbonyl (C=O) groups excluding carboxylic acids is 2. The molecule has 0 aromatic carbocycles. The first-order valence-corrected chi connectivity index (χ1v) is 31.1. The predicted molar refractivity (Wildman–Crippen MR) is 310 cm³/mol. The number of ether oxygens (including phenoxy) is 3. The standard InChI is InChI=1S/C64H115NO10/c1-3-5-7-9-11-13-15-26-30-34-38-42-46-50-57(67)56(55-74-64-63(72)62(71)61(70)58(54-66)75-64)65-59(68)51-47-43-39-35-31-28-24-22-20-18-17-19-21-23-25-29-33-37-41-45-49-53-73-60(69)52-48-44-40-36-32-27-16-14-12-10-8-6-4-2/h8,10,14,16,29,33,41,45-46,50,56-58,61-64,66-67,70-72H,3-7,9,11-13,15,17-28,30-32,34-40,42-44,47-49,51-55H2,1-2H3,(H,65,68)/b10-8-,16-14-,33-29-,45-41-,50-46+. The van der Waals surface area contributed by atoms with Crippen molar-refractivity contribution in [2.75, 3.05) is 19.8 Å². The molecule has 11 nitrogen and oxygen atoms in total. The molecule has 7 atom stereocenters. The Morgan fingerprint density at radius 3 is 1.40 bits per heavy atom. The highest BCUT2D eigenvalue weighted by Crippen LogP contribution is 2.23. The number of hydrogen-bond acceptors (Lipinski definition) is 10. The SMILES string of the molecule is CCC/C=C\C/C=C\CCCCCCCC(=O)OCC/C=C\C/C=C\CCCCCCCCCCCCCCCCC(=O)NC(COC1OC(CO)C(O)C(O)C1O)C(O)/C=C/CCCCCCCCCCCCC. The van der Waals surface area contributed by atoms with Crippen LogP contribution in [0.4, 0.5) is 0 Å². The summed E-state index contributed by atoms with van der Waals surface area (Å²) in [5.74, 6) is -0.252. The van der Waals surface area contributed by atoms with Crippen LogP contribution < -0.4 is 5.32 Å². The summed E-state index contributed by atoms with van der Waals surface area (Å²) in [6.07, 6.45) is 59.0. The van der Waals surface area contributed by atoms with Crippen molar-refractivity contribution in [2.45, 2.75) is 314 Å². The summed E-state index contributed by atoms with van der Waals surface area (Å²) in [4.78, 5) is 25.1. The summed E-state index contributed by atoms with van der Waals surface area (Å²) in [6, 6.07) is -0.815. The molecule has 1 fully saturated rings. The highest BCUT2D eigenvalue weighted by atomic mass is 16.7. The van der Waals surface area contributed by atoms with Gasteiger partial charge in [-0.15, -0.1) is 0 Å². The number of unbranched alkanes of at least 4 members (excludes halogenated alkanes) is 31. The minimum absolute atomic E-state index is 0.0643. The number of esters is 1. The van der Waals surface area contributed by atoms with Gasteiger partial charge >= 0.3 is 5.97 Å². The Balaban J connectivity index is 2.08. The number of nitrogens with one attached hydrogen (secondary N) is 1. The predicted octanol–water partition coefficient (Wildman–Crippen LogP) is 14.6. The normalized spacial score (nSPS) is 19.2. The van der Waals surface area contributed by atoms with Crippen LogP contribution in [0.1, 0.15) is 271 Å². The van der Waals surface area contributed by atoms with Gasteiger partial charge in [0, 0.05) is 12.8 Å². The van der Waals surface area contributed by atoms with Crippen LogP contribution in [-0.2, 0) is 23.8 Å². The third-order valence-electron chi connectivity index (χ3n) is 14.3. The van der Waals surface area contributed by atoms with Crippen LogP contribution in [0.15, 0.2) is 60.8 Å². The minimum Gasteiger partial charge on any atom is -0.465 e. The van der Waals surface area contributed by atoms with E-state index in [0.29, 0.717) is 19.4 Å². The molecule has 1 heterocycles. The Kier molecular flexibility index (Phi) is 50.1. The molecule has 75 heavy (non-hydrogen) atoms. The quantitative estimate of drug-likeness (QED) is 0.0195. The maximum Gasteiger partial charge on any atom is 0.305 e. The highest BCUT2D eigenvalue weighted by molar-refractivity contribution is 5.76. The van der Waals surface area contributed by atoms with Crippen LogP contribution in [0.5, 0.6) is 0 Å². The second-order valence-electron chi connectivity index (χ2n) is 21.4. The van der Waals surface area contributed by atoms with Gasteiger partial charge in [-0.1, -0.05) is 242 Å². The number of amides is 1. The zero-order valence-electron chi connectivity index (χ0n) is 48.0. The molecule has 1 saturated heterocycles. The molecule has 0 spiro atoms. The van der Waals surface area contributed by atoms with E-state index in [1.54, 1.807) is 6.08 Å². The number of hydrogen-bond donors (Lipinski definition) is 6. The molecule has 6 N–H and O–H groups in total. The molecule has 0 radical (unpaired) electrons. The van der Waals surface area contributed by atoms with Crippen molar-refractivity contribution >= 4 is 11.9 Å². The van der Waals surface area contributed by atoms with Gasteiger partial charge in [-0.2, -0.15) is 0 Å². The number of allylic oxidation sites excluding steroid dienone is 8. The zero-order chi connectivity index (χ0) is 54.5. The summed E-state index contributed by atoms with van der Waals surface area (Å²) in [7, 11) is 0. The van der Waals surface area contributed by atoms with Crippen LogP contribution in [0.2, 0.25) is 0 Å². The Labute approximate surface area is 458 Å². The van der Waals surface area contributed by atoms with Gasteiger partial charge in [-0.3, -0.25) is 9.59 Å². The van der Waals surface area contributed by atoms with Crippen molar-refractivity contribution in [3.05, 3.63) is 60.8 Å². The first kappa shape index (κ1) is 70.4. The van der Waals surface area contributed by atoms with Crippen LogP contribution in [0.25, 0.3) is 0 Å². The van der Waals surface area contributed by atoms with E-state index in [0.717, 1.165) is 83.5 Å². The summed E-state index contributed by atoms with van der Waals surface area (Å²) in [5.41, 5.74) is 0. The lowest BCUT2D eigenvalue weighted by molar-refractivity contribution is -0.302. The highest BCUT2D eigenvalue weighted by Gasteiger charge is 2.44. The fourth-order valence-corrected chi connectivity index (χ4v) is 9.43. The second kappa shape index (κ2) is 53.4. The third kappa shape index (κ3) is 43.0. The molecular weight excluding hydrogens is 943 g/mol. The van der Waals surface area contributed by atoms with Crippen LogP contribution in [0.3, 0.4) is 0 Å². The molecule has 1 aliphatic rings. The van der Waals surface area contributed by atoms with E-state index in [4.69, 9.17) is 14.2 Å². The Morgan fingerprint density at radius 2 is 0.920 bits per heavy atom. The molecule has 7 unspecified atom stereocenters. The summed E-state index contributed by atoms with van der Waals surface area (Å²) in [6.45, 7) is 4.16. The van der Waals surface area contributed by atoms with E-state index in [-0.39, 0.29) is 18.5 Å². The van der Waals surface area contributed by atoms with Gasteiger partial charge in [0.2, 0.25) is 5.91 Å². The molecule has 436 valence electrons. The third-order valence-corrected chi connectivity index (χ3v) is 14.3. The van der Waals surface area contributed by atoms with Crippen molar-refractivity contribution in [1.29, 1.82) is 0 Å². The molecule has 1 rings (SSSR count). The monoisotopic (exact) mass is 1060 g/mol. The van der Waals surface area contributed by atoms with Crippen LogP contribution in [0, 0.1) is 0 Å².